The summed E-state index contributed by atoms with van der Waals surface area (Å²) in [4.78, 5) is 26.6. The van der Waals surface area contributed by atoms with E-state index in [4.69, 9.17) is 44.3 Å². The summed E-state index contributed by atoms with van der Waals surface area (Å²) in [6.45, 7) is -0.272. The van der Waals surface area contributed by atoms with E-state index in [0.29, 0.717) is 27.2 Å². The van der Waals surface area contributed by atoms with Crippen LogP contribution in [0.15, 0.2) is 60.7 Å². The van der Waals surface area contributed by atoms with E-state index in [2.05, 4.69) is 5.32 Å². The summed E-state index contributed by atoms with van der Waals surface area (Å²) in [5.41, 5.74) is 2.10. The van der Waals surface area contributed by atoms with E-state index in [1.807, 2.05) is 0 Å². The van der Waals surface area contributed by atoms with Gasteiger partial charge >= 0.3 is 0 Å². The number of nitrogens with one attached hydrogen (secondary N) is 1. The maximum absolute atomic E-state index is 12.6. The molecule has 6 nitrogen and oxygen atoms in total. The highest BCUT2D eigenvalue weighted by Gasteiger charge is 2.35. The van der Waals surface area contributed by atoms with Crippen molar-refractivity contribution in [3.05, 3.63) is 81.3 Å². The SMILES string of the molecule is COc1cc([C@H]2SCC(=O)N2c2ccc(Cl)cc2)cc(Cl)c1OCC(=O)Nc1ccc(Cl)cc1. The van der Waals surface area contributed by atoms with E-state index in [0.717, 1.165) is 11.3 Å². The Morgan fingerprint density at radius 1 is 1.06 bits per heavy atom. The number of hydrogen-bond donors (Lipinski definition) is 1. The van der Waals surface area contributed by atoms with Gasteiger partial charge in [0.15, 0.2) is 18.1 Å². The van der Waals surface area contributed by atoms with Gasteiger partial charge in [-0.25, -0.2) is 0 Å². The fourth-order valence-corrected chi connectivity index (χ4v) is 5.12. The molecule has 1 heterocycles. The lowest BCUT2D eigenvalue weighted by Crippen LogP contribution is -2.27. The number of hydrogen-bond acceptors (Lipinski definition) is 5. The molecular formula is C24H19Cl3N2O4S. The number of rotatable bonds is 7. The van der Waals surface area contributed by atoms with Crippen LogP contribution in [0.1, 0.15) is 10.9 Å². The van der Waals surface area contributed by atoms with Crippen LogP contribution < -0.4 is 19.7 Å². The predicted octanol–water partition coefficient (Wildman–Crippen LogP) is 6.45. The van der Waals surface area contributed by atoms with Gasteiger partial charge in [-0.2, -0.15) is 0 Å². The molecule has 1 atom stereocenters. The first kappa shape index (κ1) is 24.5. The van der Waals surface area contributed by atoms with Crippen LogP contribution in [0.4, 0.5) is 11.4 Å². The van der Waals surface area contributed by atoms with E-state index in [1.165, 1.54) is 18.9 Å². The largest absolute Gasteiger partial charge is 0.493 e. The van der Waals surface area contributed by atoms with Crippen LogP contribution in [-0.4, -0.2) is 31.3 Å². The molecule has 176 valence electrons. The third kappa shape index (κ3) is 5.55. The molecule has 0 saturated carbocycles. The zero-order chi connectivity index (χ0) is 24.2. The molecule has 0 aromatic heterocycles. The first-order valence-corrected chi connectivity index (χ1v) is 12.3. The number of ether oxygens (including phenoxy) is 2. The second-order valence-electron chi connectivity index (χ2n) is 7.28. The van der Waals surface area contributed by atoms with Gasteiger partial charge in [-0.15, -0.1) is 11.8 Å². The molecular weight excluding hydrogens is 519 g/mol. The van der Waals surface area contributed by atoms with Crippen molar-refractivity contribution in [2.24, 2.45) is 0 Å². The summed E-state index contributed by atoms with van der Waals surface area (Å²) in [7, 11) is 1.49. The van der Waals surface area contributed by atoms with E-state index >= 15 is 0 Å². The Morgan fingerprint density at radius 2 is 1.71 bits per heavy atom. The number of thioether (sulfide) groups is 1. The van der Waals surface area contributed by atoms with Crippen molar-refractivity contribution in [1.29, 1.82) is 0 Å². The Labute approximate surface area is 216 Å². The maximum Gasteiger partial charge on any atom is 0.262 e. The quantitative estimate of drug-likeness (QED) is 0.375. The van der Waals surface area contributed by atoms with Crippen molar-refractivity contribution < 1.29 is 19.1 Å². The lowest BCUT2D eigenvalue weighted by Gasteiger charge is -2.25. The summed E-state index contributed by atoms with van der Waals surface area (Å²) in [5, 5.41) is 3.85. The minimum absolute atomic E-state index is 0.0217. The van der Waals surface area contributed by atoms with E-state index in [-0.39, 0.29) is 34.6 Å². The summed E-state index contributed by atoms with van der Waals surface area (Å²) in [5.74, 6) is 0.544. The molecule has 3 aromatic carbocycles. The molecule has 1 saturated heterocycles. The average Bonchev–Trinajstić information content (AvgIpc) is 3.21. The molecule has 2 amide bonds. The molecule has 1 aliphatic heterocycles. The van der Waals surface area contributed by atoms with Crippen LogP contribution in [0.2, 0.25) is 15.1 Å². The molecule has 0 spiro atoms. The monoisotopic (exact) mass is 536 g/mol. The number of benzene rings is 3. The third-order valence-electron chi connectivity index (χ3n) is 4.99. The zero-order valence-corrected chi connectivity index (χ0v) is 21.0. The predicted molar refractivity (Wildman–Crippen MR) is 138 cm³/mol. The first-order valence-electron chi connectivity index (χ1n) is 10.1. The van der Waals surface area contributed by atoms with Crippen LogP contribution in [0, 0.1) is 0 Å². The molecule has 1 aliphatic rings. The van der Waals surface area contributed by atoms with Crippen LogP contribution in [0.25, 0.3) is 0 Å². The van der Waals surface area contributed by atoms with Crippen molar-refractivity contribution in [2.75, 3.05) is 29.7 Å². The molecule has 0 radical (unpaired) electrons. The highest BCUT2D eigenvalue weighted by Crippen LogP contribution is 2.46. The van der Waals surface area contributed by atoms with Crippen molar-refractivity contribution in [3.63, 3.8) is 0 Å². The number of anilines is 2. The fraction of sp³-hybridized carbons (Fsp3) is 0.167. The number of methoxy groups -OCH3 is 1. The maximum atomic E-state index is 12.6. The summed E-state index contributed by atoms with van der Waals surface area (Å²) in [6, 6.07) is 17.3. The van der Waals surface area contributed by atoms with Gasteiger partial charge in [-0.1, -0.05) is 34.8 Å². The Kier molecular flexibility index (Phi) is 7.78. The van der Waals surface area contributed by atoms with Crippen molar-refractivity contribution in [1.82, 2.24) is 0 Å². The normalized spacial score (nSPS) is 15.4. The first-order chi connectivity index (χ1) is 16.4. The molecule has 0 unspecified atom stereocenters. The third-order valence-corrected chi connectivity index (χ3v) is 6.98. The Hall–Kier alpha value is -2.58. The molecule has 10 heteroatoms. The molecule has 34 heavy (non-hydrogen) atoms. The molecule has 0 aliphatic carbocycles. The number of carbonyl (C=O) groups excluding carboxylic acids is 2. The van der Waals surface area contributed by atoms with Crippen LogP contribution in [0.5, 0.6) is 11.5 Å². The average molecular weight is 538 g/mol. The topological polar surface area (TPSA) is 67.9 Å². The van der Waals surface area contributed by atoms with Gasteiger partial charge in [-0.3, -0.25) is 14.5 Å². The highest BCUT2D eigenvalue weighted by molar-refractivity contribution is 8.00. The fourth-order valence-electron chi connectivity index (χ4n) is 3.44. The van der Waals surface area contributed by atoms with E-state index < -0.39 is 0 Å². The second kappa shape index (κ2) is 10.8. The Bertz CT molecular complexity index is 1210. The van der Waals surface area contributed by atoms with E-state index in [9.17, 15) is 9.59 Å². The minimum atomic E-state index is -0.365. The molecule has 1 fully saturated rings. The minimum Gasteiger partial charge on any atom is -0.493 e. The summed E-state index contributed by atoms with van der Waals surface area (Å²) < 4.78 is 11.2. The van der Waals surface area contributed by atoms with Gasteiger partial charge in [0.25, 0.3) is 5.91 Å². The van der Waals surface area contributed by atoms with Crippen molar-refractivity contribution >= 4 is 69.8 Å². The van der Waals surface area contributed by atoms with Gasteiger partial charge in [0.2, 0.25) is 5.91 Å². The summed E-state index contributed by atoms with van der Waals surface area (Å²) >= 11 is 19.9. The number of carbonyl (C=O) groups is 2. The van der Waals surface area contributed by atoms with Crippen LogP contribution in [-0.2, 0) is 9.59 Å². The lowest BCUT2D eigenvalue weighted by atomic mass is 10.1. The second-order valence-corrected chi connectivity index (χ2v) is 9.63. The highest BCUT2D eigenvalue weighted by atomic mass is 35.5. The van der Waals surface area contributed by atoms with E-state index in [1.54, 1.807) is 65.6 Å². The molecule has 0 bridgehead atoms. The number of halogens is 3. The number of amides is 2. The Balaban J connectivity index is 1.52. The number of nitrogens with zero attached hydrogens (tertiary/aromatic N) is 1. The van der Waals surface area contributed by atoms with Gasteiger partial charge in [-0.05, 0) is 66.2 Å². The van der Waals surface area contributed by atoms with Crippen LogP contribution in [0.3, 0.4) is 0 Å². The smallest absolute Gasteiger partial charge is 0.262 e. The van der Waals surface area contributed by atoms with Crippen molar-refractivity contribution in [3.8, 4) is 11.5 Å². The van der Waals surface area contributed by atoms with Crippen LogP contribution >= 0.6 is 46.6 Å². The van der Waals surface area contributed by atoms with Gasteiger partial charge in [0.1, 0.15) is 5.37 Å². The molecule has 4 rings (SSSR count). The van der Waals surface area contributed by atoms with Gasteiger partial charge in [0.05, 0.1) is 17.9 Å². The standard InChI is InChI=1S/C24H19Cl3N2O4S/c1-32-20-11-14(24-29(22(31)13-34-24)18-8-4-16(26)5-9-18)10-19(27)23(20)33-12-21(30)28-17-6-2-15(25)3-7-17/h2-11,24H,12-13H2,1H3,(H,28,30)/t24-/m1/s1. The molecule has 1 N–H and O–H groups in total. The zero-order valence-electron chi connectivity index (χ0n) is 17.9. The lowest BCUT2D eigenvalue weighted by molar-refractivity contribution is -0.118. The van der Waals surface area contributed by atoms with Gasteiger partial charge < -0.3 is 14.8 Å². The van der Waals surface area contributed by atoms with Gasteiger partial charge in [0, 0.05) is 21.4 Å². The summed E-state index contributed by atoms with van der Waals surface area (Å²) in [6.07, 6.45) is 0. The molecule has 3 aromatic rings. The van der Waals surface area contributed by atoms with Crippen molar-refractivity contribution in [2.45, 2.75) is 5.37 Å². The Morgan fingerprint density at radius 3 is 2.35 bits per heavy atom.